The Morgan fingerprint density at radius 3 is 2.62 bits per heavy atom. The van der Waals surface area contributed by atoms with Gasteiger partial charge < -0.3 is 9.42 Å². The lowest BCUT2D eigenvalue weighted by molar-refractivity contribution is -0.137. The van der Waals surface area contributed by atoms with Crippen LogP contribution in [0.1, 0.15) is 29.3 Å². The van der Waals surface area contributed by atoms with E-state index in [1.807, 2.05) is 0 Å². The number of hydrogen-bond acceptors (Lipinski definition) is 4. The van der Waals surface area contributed by atoms with Gasteiger partial charge in [-0.25, -0.2) is 4.39 Å². The van der Waals surface area contributed by atoms with Gasteiger partial charge >= 0.3 is 6.18 Å². The van der Waals surface area contributed by atoms with Gasteiger partial charge in [-0.3, -0.25) is 4.79 Å². The lowest BCUT2D eigenvalue weighted by Gasteiger charge is -2.17. The number of nitrogens with zero attached hydrogens (tertiary/aromatic N) is 3. The topological polar surface area (TPSA) is 59.2 Å². The van der Waals surface area contributed by atoms with Gasteiger partial charge in [-0.2, -0.15) is 18.2 Å². The molecule has 1 aromatic heterocycles. The first kappa shape index (κ1) is 19.1. The van der Waals surface area contributed by atoms with Crippen LogP contribution in [0, 0.1) is 5.82 Å². The smallest absolute Gasteiger partial charge is 0.338 e. The van der Waals surface area contributed by atoms with Crippen molar-refractivity contribution in [2.75, 3.05) is 6.54 Å². The average Bonchev–Trinajstić information content (AvgIpc) is 3.29. The van der Waals surface area contributed by atoms with Crippen LogP contribution in [-0.4, -0.2) is 27.5 Å². The number of amides is 1. The standard InChI is InChI=1S/C20H15F4N3O2/c21-16-6-4-13(5-7-16)19-25-18(26-29-19)14-9-17(28)27(11-14)10-12-2-1-3-15(8-12)20(22,23)24/h1-8,14H,9-11H2. The fourth-order valence-corrected chi connectivity index (χ4v) is 3.27. The molecule has 1 aliphatic heterocycles. The zero-order chi connectivity index (χ0) is 20.6. The van der Waals surface area contributed by atoms with Crippen molar-refractivity contribution in [2.24, 2.45) is 0 Å². The van der Waals surface area contributed by atoms with Crippen molar-refractivity contribution < 1.29 is 26.9 Å². The van der Waals surface area contributed by atoms with Crippen molar-refractivity contribution in [3.05, 3.63) is 71.3 Å². The van der Waals surface area contributed by atoms with Gasteiger partial charge in [0.15, 0.2) is 5.82 Å². The maximum atomic E-state index is 13.0. The van der Waals surface area contributed by atoms with Crippen molar-refractivity contribution in [1.82, 2.24) is 15.0 Å². The minimum absolute atomic E-state index is 0.0714. The molecule has 150 valence electrons. The van der Waals surface area contributed by atoms with E-state index in [-0.39, 0.29) is 43.0 Å². The number of benzene rings is 2. The molecule has 5 nitrogen and oxygen atoms in total. The van der Waals surface area contributed by atoms with Gasteiger partial charge in [0.2, 0.25) is 5.91 Å². The summed E-state index contributed by atoms with van der Waals surface area (Å²) in [6.45, 7) is 0.347. The number of rotatable bonds is 4. The highest BCUT2D eigenvalue weighted by molar-refractivity contribution is 5.79. The largest absolute Gasteiger partial charge is 0.416 e. The van der Waals surface area contributed by atoms with Gasteiger partial charge in [-0.1, -0.05) is 17.3 Å². The first-order valence-electron chi connectivity index (χ1n) is 8.83. The molecule has 0 spiro atoms. The van der Waals surface area contributed by atoms with Gasteiger partial charge in [-0.15, -0.1) is 0 Å². The van der Waals surface area contributed by atoms with E-state index >= 15 is 0 Å². The van der Waals surface area contributed by atoms with E-state index in [1.54, 1.807) is 6.07 Å². The molecule has 1 atom stereocenters. The molecule has 29 heavy (non-hydrogen) atoms. The lowest BCUT2D eigenvalue weighted by atomic mass is 10.1. The molecule has 1 aliphatic rings. The quantitative estimate of drug-likeness (QED) is 0.604. The van der Waals surface area contributed by atoms with Gasteiger partial charge in [-0.05, 0) is 42.0 Å². The lowest BCUT2D eigenvalue weighted by Crippen LogP contribution is -2.24. The highest BCUT2D eigenvalue weighted by atomic mass is 19.4. The molecule has 1 unspecified atom stereocenters. The second kappa shape index (κ2) is 7.31. The highest BCUT2D eigenvalue weighted by Crippen LogP contribution is 2.32. The average molecular weight is 405 g/mol. The molecule has 1 saturated heterocycles. The SMILES string of the molecule is O=C1CC(c2noc(-c3ccc(F)cc3)n2)CN1Cc1cccc(C(F)(F)F)c1. The molecule has 2 aromatic carbocycles. The van der Waals surface area contributed by atoms with Gasteiger partial charge in [0.1, 0.15) is 5.82 Å². The number of alkyl halides is 3. The van der Waals surface area contributed by atoms with Crippen LogP contribution in [0.2, 0.25) is 0 Å². The Morgan fingerprint density at radius 2 is 1.90 bits per heavy atom. The molecule has 0 N–H and O–H groups in total. The van der Waals surface area contributed by atoms with Crippen LogP contribution < -0.4 is 0 Å². The predicted molar refractivity (Wildman–Crippen MR) is 93.9 cm³/mol. The van der Waals surface area contributed by atoms with Crippen molar-refractivity contribution in [3.63, 3.8) is 0 Å². The van der Waals surface area contributed by atoms with E-state index in [0.717, 1.165) is 12.1 Å². The molecule has 1 fully saturated rings. The molecule has 3 aromatic rings. The van der Waals surface area contributed by atoms with E-state index in [0.29, 0.717) is 17.0 Å². The normalized spacial score (nSPS) is 17.2. The van der Waals surface area contributed by atoms with Crippen LogP contribution in [-0.2, 0) is 17.5 Å². The second-order valence-corrected chi connectivity index (χ2v) is 6.84. The zero-order valence-corrected chi connectivity index (χ0v) is 15.0. The Morgan fingerprint density at radius 1 is 1.14 bits per heavy atom. The van der Waals surface area contributed by atoms with Crippen LogP contribution >= 0.6 is 0 Å². The molecule has 4 rings (SSSR count). The summed E-state index contributed by atoms with van der Waals surface area (Å²) in [4.78, 5) is 18.1. The number of likely N-dealkylation sites (tertiary alicyclic amines) is 1. The van der Waals surface area contributed by atoms with Crippen LogP contribution in [0.15, 0.2) is 53.1 Å². The van der Waals surface area contributed by atoms with Gasteiger partial charge in [0.25, 0.3) is 5.89 Å². The van der Waals surface area contributed by atoms with Crippen LogP contribution in [0.3, 0.4) is 0 Å². The summed E-state index contributed by atoms with van der Waals surface area (Å²) in [7, 11) is 0. The Balaban J connectivity index is 1.47. The van der Waals surface area contributed by atoms with Crippen molar-refractivity contribution in [2.45, 2.75) is 25.1 Å². The Labute approximate surface area is 162 Å². The van der Waals surface area contributed by atoms with Gasteiger partial charge in [0, 0.05) is 31.0 Å². The fraction of sp³-hybridized carbons (Fsp3) is 0.250. The molecule has 0 bridgehead atoms. The third-order valence-corrected chi connectivity index (χ3v) is 4.74. The van der Waals surface area contributed by atoms with Crippen molar-refractivity contribution >= 4 is 5.91 Å². The second-order valence-electron chi connectivity index (χ2n) is 6.84. The fourth-order valence-electron chi connectivity index (χ4n) is 3.27. The Kier molecular flexibility index (Phi) is 4.81. The third-order valence-electron chi connectivity index (χ3n) is 4.74. The number of halogens is 4. The molecular formula is C20H15F4N3O2. The van der Waals surface area contributed by atoms with E-state index in [2.05, 4.69) is 10.1 Å². The number of carbonyl (C=O) groups is 1. The summed E-state index contributed by atoms with van der Waals surface area (Å²) in [6, 6.07) is 10.5. The monoisotopic (exact) mass is 405 g/mol. The minimum Gasteiger partial charge on any atom is -0.338 e. The van der Waals surface area contributed by atoms with Crippen LogP contribution in [0.5, 0.6) is 0 Å². The molecule has 9 heteroatoms. The Bertz CT molecular complexity index is 1030. The first-order chi connectivity index (χ1) is 13.8. The summed E-state index contributed by atoms with van der Waals surface area (Å²) in [5.74, 6) is -0.361. The number of hydrogen-bond donors (Lipinski definition) is 0. The molecule has 0 aliphatic carbocycles. The first-order valence-corrected chi connectivity index (χ1v) is 8.83. The van der Waals surface area contributed by atoms with E-state index < -0.39 is 11.7 Å². The number of carbonyl (C=O) groups excluding carboxylic acids is 1. The summed E-state index contributed by atoms with van der Waals surface area (Å²) < 4.78 is 56.9. The maximum absolute atomic E-state index is 13.0. The number of aromatic nitrogens is 2. The highest BCUT2D eigenvalue weighted by Gasteiger charge is 2.35. The van der Waals surface area contributed by atoms with Crippen LogP contribution in [0.25, 0.3) is 11.5 Å². The maximum Gasteiger partial charge on any atom is 0.416 e. The summed E-state index contributed by atoms with van der Waals surface area (Å²) >= 11 is 0. The Hall–Kier alpha value is -3.23. The van der Waals surface area contributed by atoms with Crippen LogP contribution in [0.4, 0.5) is 17.6 Å². The summed E-state index contributed by atoms with van der Waals surface area (Å²) in [5, 5.41) is 3.91. The molecule has 0 radical (unpaired) electrons. The van der Waals surface area contributed by atoms with Crippen molar-refractivity contribution in [3.8, 4) is 11.5 Å². The predicted octanol–water partition coefficient (Wildman–Crippen LogP) is 4.41. The summed E-state index contributed by atoms with van der Waals surface area (Å²) in [5.41, 5.74) is 0.199. The van der Waals surface area contributed by atoms with Crippen molar-refractivity contribution in [1.29, 1.82) is 0 Å². The molecule has 1 amide bonds. The van der Waals surface area contributed by atoms with E-state index in [1.165, 1.54) is 35.2 Å². The molecule has 0 saturated carbocycles. The van der Waals surface area contributed by atoms with E-state index in [9.17, 15) is 22.4 Å². The zero-order valence-electron chi connectivity index (χ0n) is 15.0. The summed E-state index contributed by atoms with van der Waals surface area (Å²) in [6.07, 6.45) is -4.30. The third kappa shape index (κ3) is 4.13. The van der Waals surface area contributed by atoms with E-state index in [4.69, 9.17) is 4.52 Å². The minimum atomic E-state index is -4.44. The molecule has 2 heterocycles. The van der Waals surface area contributed by atoms with Gasteiger partial charge in [0.05, 0.1) is 5.56 Å². The molecular weight excluding hydrogens is 390 g/mol.